The van der Waals surface area contributed by atoms with Crippen molar-refractivity contribution in [2.24, 2.45) is 0 Å². The summed E-state index contributed by atoms with van der Waals surface area (Å²) in [6.07, 6.45) is 0.418. The third-order valence-electron chi connectivity index (χ3n) is 5.64. The highest BCUT2D eigenvalue weighted by atomic mass is 35.5. The molecule has 1 saturated heterocycles. The number of ether oxygens (including phenoxy) is 2. The predicted molar refractivity (Wildman–Crippen MR) is 118 cm³/mol. The normalized spacial score (nSPS) is 24.7. The fourth-order valence-electron chi connectivity index (χ4n) is 4.12. The Kier molecular flexibility index (Phi) is 5.76. The zero-order valence-corrected chi connectivity index (χ0v) is 18.9. The number of pyridine rings is 1. The van der Waals surface area contributed by atoms with Crippen LogP contribution < -0.4 is 4.74 Å². The van der Waals surface area contributed by atoms with Gasteiger partial charge >= 0.3 is 6.09 Å². The lowest BCUT2D eigenvalue weighted by atomic mass is 9.85. The second-order valence-electron chi connectivity index (χ2n) is 9.11. The minimum atomic E-state index is -1.51. The van der Waals surface area contributed by atoms with Crippen LogP contribution in [0, 0.1) is 0 Å². The molecule has 2 aliphatic heterocycles. The van der Waals surface area contributed by atoms with Gasteiger partial charge in [-0.15, -0.1) is 0 Å². The molecule has 166 valence electrons. The highest BCUT2D eigenvalue weighted by Gasteiger charge is 2.34. The number of fused-ring (bicyclic) bond motifs is 1. The maximum absolute atomic E-state index is 12.4. The summed E-state index contributed by atoms with van der Waals surface area (Å²) in [5, 5.41) is 11.3. The van der Waals surface area contributed by atoms with Gasteiger partial charge in [0.1, 0.15) is 17.4 Å². The molecule has 1 aromatic heterocycles. The number of aliphatic hydroxyl groups is 1. The summed E-state index contributed by atoms with van der Waals surface area (Å²) in [5.41, 5.74) is 1.52. The van der Waals surface area contributed by atoms with E-state index in [2.05, 4.69) is 4.98 Å². The number of carbonyl (C=O) groups excluding carboxylic acids is 1. The van der Waals surface area contributed by atoms with Gasteiger partial charge in [0.25, 0.3) is 0 Å². The third-order valence-corrected chi connectivity index (χ3v) is 5.86. The van der Waals surface area contributed by atoms with E-state index in [0.717, 1.165) is 18.4 Å². The first-order chi connectivity index (χ1) is 15.1. The monoisotopic (exact) mass is 445 g/mol. The molecular weight excluding hydrogens is 416 g/mol. The van der Waals surface area contributed by atoms with Crippen LogP contribution >= 0.6 is 11.6 Å². The van der Waals surface area contributed by atoms with Crippen molar-refractivity contribution in [3.8, 4) is 5.75 Å². The Bertz CT molecular complexity index is 986. The van der Waals surface area contributed by atoms with Crippen molar-refractivity contribution in [3.05, 3.63) is 58.4 Å². The van der Waals surface area contributed by atoms with Gasteiger partial charge in [-0.2, -0.15) is 0 Å². The molecule has 2 aromatic rings. The first-order valence-corrected chi connectivity index (χ1v) is 11.0. The molecule has 1 amide bonds. The van der Waals surface area contributed by atoms with Gasteiger partial charge in [0.2, 0.25) is 0 Å². The predicted octanol–water partition coefficient (Wildman–Crippen LogP) is 5.41. The summed E-state index contributed by atoms with van der Waals surface area (Å²) in [6.45, 7) is 6.74. The third kappa shape index (κ3) is 4.96. The largest absolute Gasteiger partial charge is 0.483 e. The first kappa shape index (κ1) is 20.6. The average molecular weight is 446 g/mol. The maximum atomic E-state index is 12.4. The Balaban J connectivity index is 1.55. The summed E-state index contributed by atoms with van der Waals surface area (Å²) in [6, 6.07) is 9.08. The lowest BCUT2D eigenvalue weighted by Crippen LogP contribution is -2.41. The van der Waals surface area contributed by atoms with Crippen LogP contribution in [0.1, 0.15) is 76.3 Å². The lowest BCUT2D eigenvalue weighted by molar-refractivity contribution is 0.0203. The van der Waals surface area contributed by atoms with Crippen LogP contribution in [-0.4, -0.2) is 39.8 Å². The number of hydrogen-bond donors (Lipinski definition) is 1. The molecule has 0 spiro atoms. The number of halogens is 1. The van der Waals surface area contributed by atoms with Crippen molar-refractivity contribution in [2.45, 2.75) is 63.7 Å². The molecule has 7 heteroatoms. The van der Waals surface area contributed by atoms with Gasteiger partial charge in [-0.1, -0.05) is 29.8 Å². The van der Waals surface area contributed by atoms with Crippen LogP contribution in [0.2, 0.25) is 5.02 Å². The van der Waals surface area contributed by atoms with Gasteiger partial charge in [0, 0.05) is 31.3 Å². The van der Waals surface area contributed by atoms with E-state index in [9.17, 15) is 9.90 Å². The van der Waals surface area contributed by atoms with Gasteiger partial charge in [0.15, 0.2) is 0 Å². The standard InChI is InChI=1S/C24H29ClN2O4/c1-24(2,3)31-23(29)27-11-9-15(10-12-27)17-5-4-6-18-20(28)13-21(30-22(17)18)19-8-7-16(25)14-26-19/h4-8,14-15,20-21,28H,9-13H2,1-3H3/i21D. The molecule has 4 rings (SSSR count). The molecule has 0 aliphatic carbocycles. The molecular formula is C24H29ClN2O4. The van der Waals surface area contributed by atoms with Crippen LogP contribution in [0.5, 0.6) is 5.75 Å². The fraction of sp³-hybridized carbons (Fsp3) is 0.500. The number of hydrogen-bond acceptors (Lipinski definition) is 5. The molecule has 1 N–H and O–H groups in total. The van der Waals surface area contributed by atoms with Gasteiger partial charge in [0.05, 0.1) is 18.2 Å². The van der Waals surface area contributed by atoms with Gasteiger partial charge in [-0.25, -0.2) is 4.79 Å². The number of aliphatic hydroxyl groups excluding tert-OH is 1. The van der Waals surface area contributed by atoms with Crippen LogP contribution in [0.25, 0.3) is 0 Å². The SMILES string of the molecule is [2H]C1(c2ccc(Cl)cn2)CC(O)c2cccc(C3CCN(C(=O)OC(C)(C)C)CC3)c2O1. The Morgan fingerprint density at radius 3 is 2.61 bits per heavy atom. The molecule has 1 aromatic carbocycles. The Labute approximate surface area is 189 Å². The van der Waals surface area contributed by atoms with Crippen LogP contribution in [0.3, 0.4) is 0 Å². The second-order valence-corrected chi connectivity index (χ2v) is 9.55. The number of rotatable bonds is 2. The van der Waals surface area contributed by atoms with E-state index in [-0.39, 0.29) is 18.4 Å². The molecule has 1 fully saturated rings. The number of carbonyl (C=O) groups is 1. The van der Waals surface area contributed by atoms with Gasteiger partial charge in [-0.05, 0) is 57.2 Å². The molecule has 0 radical (unpaired) electrons. The number of benzene rings is 1. The molecule has 0 saturated carbocycles. The topological polar surface area (TPSA) is 71.9 Å². The van der Waals surface area contributed by atoms with Crippen molar-refractivity contribution in [1.82, 2.24) is 9.88 Å². The highest BCUT2D eigenvalue weighted by molar-refractivity contribution is 6.30. The van der Waals surface area contributed by atoms with E-state index in [1.54, 1.807) is 17.0 Å². The summed E-state index contributed by atoms with van der Waals surface area (Å²) in [5.74, 6) is 0.699. The molecule has 31 heavy (non-hydrogen) atoms. The zero-order chi connectivity index (χ0) is 23.1. The van der Waals surface area contributed by atoms with Crippen molar-refractivity contribution >= 4 is 17.7 Å². The summed E-state index contributed by atoms with van der Waals surface area (Å²) >= 11 is 5.95. The van der Waals surface area contributed by atoms with Crippen LogP contribution in [0.15, 0.2) is 36.5 Å². The van der Waals surface area contributed by atoms with E-state index in [1.165, 1.54) is 6.20 Å². The van der Waals surface area contributed by atoms with E-state index < -0.39 is 17.8 Å². The van der Waals surface area contributed by atoms with E-state index in [0.29, 0.717) is 35.1 Å². The number of nitrogens with zero attached hydrogens (tertiary/aromatic N) is 2. The fourth-order valence-corrected chi connectivity index (χ4v) is 4.23. The van der Waals surface area contributed by atoms with E-state index in [1.807, 2.05) is 39.0 Å². The summed E-state index contributed by atoms with van der Waals surface area (Å²) in [4.78, 5) is 18.4. The van der Waals surface area contributed by atoms with Crippen LogP contribution in [0.4, 0.5) is 4.79 Å². The number of piperidine rings is 1. The maximum Gasteiger partial charge on any atom is 0.410 e. The Morgan fingerprint density at radius 2 is 1.97 bits per heavy atom. The van der Waals surface area contributed by atoms with Crippen molar-refractivity contribution in [1.29, 1.82) is 0 Å². The first-order valence-electron chi connectivity index (χ1n) is 11.2. The van der Waals surface area contributed by atoms with Crippen molar-refractivity contribution < 1.29 is 20.7 Å². The average Bonchev–Trinajstić information content (AvgIpc) is 2.72. The van der Waals surface area contributed by atoms with Gasteiger partial charge < -0.3 is 19.5 Å². The van der Waals surface area contributed by atoms with Crippen molar-refractivity contribution in [3.63, 3.8) is 0 Å². The highest BCUT2D eigenvalue weighted by Crippen LogP contribution is 2.46. The molecule has 2 unspecified atom stereocenters. The smallest absolute Gasteiger partial charge is 0.410 e. The molecule has 3 heterocycles. The minimum Gasteiger partial charge on any atom is -0.483 e. The van der Waals surface area contributed by atoms with Gasteiger partial charge in [-0.3, -0.25) is 4.98 Å². The number of likely N-dealkylation sites (tertiary alicyclic amines) is 1. The van der Waals surface area contributed by atoms with Crippen LogP contribution in [-0.2, 0) is 4.74 Å². The quantitative estimate of drug-likeness (QED) is 0.669. The zero-order valence-electron chi connectivity index (χ0n) is 19.1. The minimum absolute atomic E-state index is 0.0785. The van der Waals surface area contributed by atoms with Crippen molar-refractivity contribution in [2.75, 3.05) is 13.1 Å². The summed E-state index contributed by atoms with van der Waals surface area (Å²) in [7, 11) is 0. The number of amides is 1. The number of para-hydroxylation sites is 1. The summed E-state index contributed by atoms with van der Waals surface area (Å²) < 4.78 is 20.6. The Morgan fingerprint density at radius 1 is 1.26 bits per heavy atom. The molecule has 6 nitrogen and oxygen atoms in total. The molecule has 2 atom stereocenters. The van der Waals surface area contributed by atoms with E-state index in [4.69, 9.17) is 22.4 Å². The second kappa shape index (κ2) is 8.67. The Hall–Kier alpha value is -2.31. The molecule has 2 aliphatic rings. The number of aromatic nitrogens is 1. The molecule has 0 bridgehead atoms. The van der Waals surface area contributed by atoms with E-state index >= 15 is 0 Å². The lowest BCUT2D eigenvalue weighted by Gasteiger charge is -2.36.